The minimum absolute atomic E-state index is 0.296. The molecule has 0 aliphatic rings. The summed E-state index contributed by atoms with van der Waals surface area (Å²) in [5, 5.41) is 11.3. The fourth-order valence-electron chi connectivity index (χ4n) is 1.68. The highest BCUT2D eigenvalue weighted by Gasteiger charge is 2.09. The molecule has 1 aromatic heterocycles. The quantitative estimate of drug-likeness (QED) is 0.549. The molecule has 0 fully saturated rings. The van der Waals surface area contributed by atoms with Gasteiger partial charge in [-0.2, -0.15) is 4.73 Å². The van der Waals surface area contributed by atoms with E-state index in [0.29, 0.717) is 6.10 Å². The van der Waals surface area contributed by atoms with E-state index >= 15 is 0 Å². The molecule has 1 aromatic rings. The second-order valence-corrected chi connectivity index (χ2v) is 3.75. The van der Waals surface area contributed by atoms with Gasteiger partial charge in [0.15, 0.2) is 11.9 Å². The molecule has 0 aromatic carbocycles. The van der Waals surface area contributed by atoms with Crippen LogP contribution in [0.25, 0.3) is 0 Å². The molecule has 0 radical (unpaired) electrons. The van der Waals surface area contributed by atoms with E-state index in [2.05, 4.69) is 6.92 Å². The fraction of sp³-hybridized carbons (Fsp3) is 0.583. The largest absolute Gasteiger partial charge is 0.619 e. The monoisotopic (exact) mass is 209 g/mol. The van der Waals surface area contributed by atoms with Crippen LogP contribution in [0.1, 0.15) is 31.0 Å². The first-order valence-electron chi connectivity index (χ1n) is 5.39. The van der Waals surface area contributed by atoms with Gasteiger partial charge in [0.25, 0.3) is 0 Å². The van der Waals surface area contributed by atoms with Crippen molar-refractivity contribution < 1.29 is 9.47 Å². The molecule has 84 valence electrons. The number of methoxy groups -OCH3 is 1. The standard InChI is InChI=1S/C12H19NO2/c1-4-12(15-3)8-7-11-6-5-9-13(14)10(11)2/h5-6,9,12H,4,7-8H2,1-3H3. The van der Waals surface area contributed by atoms with Gasteiger partial charge in [0, 0.05) is 25.7 Å². The number of pyridine rings is 1. The van der Waals surface area contributed by atoms with Crippen molar-refractivity contribution in [3.8, 4) is 0 Å². The molecule has 1 unspecified atom stereocenters. The van der Waals surface area contributed by atoms with Crippen LogP contribution in [-0.2, 0) is 11.2 Å². The molecule has 0 amide bonds. The Bertz CT molecular complexity index is 308. The lowest BCUT2D eigenvalue weighted by Crippen LogP contribution is -2.30. The van der Waals surface area contributed by atoms with Crippen molar-refractivity contribution in [3.05, 3.63) is 34.8 Å². The SMILES string of the molecule is CCC(CCc1ccc[n+]([O-])c1C)OC. The Morgan fingerprint density at radius 2 is 2.27 bits per heavy atom. The number of hydrogen-bond donors (Lipinski definition) is 0. The summed E-state index contributed by atoms with van der Waals surface area (Å²) in [6.45, 7) is 3.97. The first-order valence-corrected chi connectivity index (χ1v) is 5.39. The zero-order chi connectivity index (χ0) is 11.3. The van der Waals surface area contributed by atoms with E-state index in [0.717, 1.165) is 35.3 Å². The lowest BCUT2D eigenvalue weighted by atomic mass is 10.0. The van der Waals surface area contributed by atoms with E-state index in [1.807, 2.05) is 13.0 Å². The van der Waals surface area contributed by atoms with Crippen LogP contribution < -0.4 is 4.73 Å². The maximum atomic E-state index is 11.3. The third-order valence-corrected chi connectivity index (χ3v) is 2.84. The molecule has 1 rings (SSSR count). The van der Waals surface area contributed by atoms with E-state index in [1.165, 1.54) is 6.20 Å². The van der Waals surface area contributed by atoms with E-state index < -0.39 is 0 Å². The van der Waals surface area contributed by atoms with Gasteiger partial charge in [-0.3, -0.25) is 0 Å². The number of rotatable bonds is 5. The maximum absolute atomic E-state index is 11.3. The predicted molar refractivity (Wildman–Crippen MR) is 59.5 cm³/mol. The topological polar surface area (TPSA) is 36.2 Å². The molecule has 0 spiro atoms. The van der Waals surface area contributed by atoms with Gasteiger partial charge in [-0.1, -0.05) is 6.92 Å². The Balaban J connectivity index is 2.61. The van der Waals surface area contributed by atoms with Crippen molar-refractivity contribution in [1.29, 1.82) is 0 Å². The Labute approximate surface area is 91.3 Å². The number of hydrogen-bond acceptors (Lipinski definition) is 2. The Morgan fingerprint density at radius 3 is 2.87 bits per heavy atom. The Morgan fingerprint density at radius 1 is 1.53 bits per heavy atom. The van der Waals surface area contributed by atoms with Gasteiger partial charge in [0.1, 0.15) is 0 Å². The summed E-state index contributed by atoms with van der Waals surface area (Å²) < 4.78 is 6.23. The average molecular weight is 209 g/mol. The highest BCUT2D eigenvalue weighted by molar-refractivity contribution is 5.14. The molecule has 0 saturated heterocycles. The van der Waals surface area contributed by atoms with E-state index in [4.69, 9.17) is 4.74 Å². The molecule has 0 saturated carbocycles. The first-order chi connectivity index (χ1) is 7.19. The summed E-state index contributed by atoms with van der Waals surface area (Å²) in [5.41, 5.74) is 1.91. The second-order valence-electron chi connectivity index (χ2n) is 3.75. The van der Waals surface area contributed by atoms with E-state index in [9.17, 15) is 5.21 Å². The second kappa shape index (κ2) is 5.71. The molecule has 0 aliphatic carbocycles. The first kappa shape index (κ1) is 12.0. The minimum atomic E-state index is 0.296. The lowest BCUT2D eigenvalue weighted by Gasteiger charge is -2.13. The van der Waals surface area contributed by atoms with Crippen LogP contribution in [0.5, 0.6) is 0 Å². The molecule has 0 bridgehead atoms. The van der Waals surface area contributed by atoms with Crippen LogP contribution in [0.3, 0.4) is 0 Å². The summed E-state index contributed by atoms with van der Waals surface area (Å²) in [5.74, 6) is 0. The molecule has 0 aliphatic heterocycles. The molecular formula is C12H19NO2. The van der Waals surface area contributed by atoms with Gasteiger partial charge in [-0.15, -0.1) is 0 Å². The van der Waals surface area contributed by atoms with Gasteiger partial charge in [-0.25, -0.2) is 0 Å². The van der Waals surface area contributed by atoms with Crippen molar-refractivity contribution in [1.82, 2.24) is 0 Å². The minimum Gasteiger partial charge on any atom is -0.619 e. The highest BCUT2D eigenvalue weighted by atomic mass is 16.5. The molecule has 1 atom stereocenters. The van der Waals surface area contributed by atoms with E-state index in [1.54, 1.807) is 13.2 Å². The van der Waals surface area contributed by atoms with Crippen LogP contribution >= 0.6 is 0 Å². The third kappa shape index (κ3) is 3.20. The zero-order valence-corrected chi connectivity index (χ0v) is 9.69. The average Bonchev–Trinajstić information content (AvgIpc) is 2.25. The van der Waals surface area contributed by atoms with Crippen LogP contribution in [0.2, 0.25) is 0 Å². The van der Waals surface area contributed by atoms with Crippen LogP contribution in [0, 0.1) is 12.1 Å². The number of aryl methyl sites for hydroxylation is 1. The molecule has 0 N–H and O–H groups in total. The summed E-state index contributed by atoms with van der Waals surface area (Å²) in [6, 6.07) is 3.80. The van der Waals surface area contributed by atoms with Gasteiger partial charge >= 0.3 is 0 Å². The maximum Gasteiger partial charge on any atom is 0.192 e. The van der Waals surface area contributed by atoms with Crippen LogP contribution in [0.4, 0.5) is 0 Å². The molecule has 1 heterocycles. The highest BCUT2D eigenvalue weighted by Crippen LogP contribution is 2.10. The lowest BCUT2D eigenvalue weighted by molar-refractivity contribution is -0.612. The number of ether oxygens (including phenoxy) is 1. The van der Waals surface area contributed by atoms with Gasteiger partial charge in [-0.05, 0) is 25.3 Å². The third-order valence-electron chi connectivity index (χ3n) is 2.84. The van der Waals surface area contributed by atoms with Crippen molar-refractivity contribution in [3.63, 3.8) is 0 Å². The molecule has 3 nitrogen and oxygen atoms in total. The Kier molecular flexibility index (Phi) is 4.56. The van der Waals surface area contributed by atoms with Crippen LogP contribution in [0.15, 0.2) is 18.3 Å². The van der Waals surface area contributed by atoms with Crippen molar-refractivity contribution in [2.75, 3.05) is 7.11 Å². The number of aromatic nitrogens is 1. The normalized spacial score (nSPS) is 12.7. The molecule has 3 heteroatoms. The summed E-state index contributed by atoms with van der Waals surface area (Å²) >= 11 is 0. The van der Waals surface area contributed by atoms with Gasteiger partial charge in [0.2, 0.25) is 0 Å². The van der Waals surface area contributed by atoms with Gasteiger partial charge in [0.05, 0.1) is 6.10 Å². The van der Waals surface area contributed by atoms with Crippen molar-refractivity contribution >= 4 is 0 Å². The van der Waals surface area contributed by atoms with Crippen molar-refractivity contribution in [2.45, 2.75) is 39.2 Å². The fourth-order valence-corrected chi connectivity index (χ4v) is 1.68. The Hall–Kier alpha value is -1.09. The summed E-state index contributed by atoms with van der Waals surface area (Å²) in [6.07, 6.45) is 4.72. The number of nitrogens with zero attached hydrogens (tertiary/aromatic N) is 1. The summed E-state index contributed by atoms with van der Waals surface area (Å²) in [7, 11) is 1.74. The van der Waals surface area contributed by atoms with Crippen molar-refractivity contribution in [2.24, 2.45) is 0 Å². The summed E-state index contributed by atoms with van der Waals surface area (Å²) in [4.78, 5) is 0. The van der Waals surface area contributed by atoms with Gasteiger partial charge < -0.3 is 9.94 Å². The predicted octanol–water partition coefficient (Wildman–Crippen LogP) is 1.99. The smallest absolute Gasteiger partial charge is 0.192 e. The zero-order valence-electron chi connectivity index (χ0n) is 9.69. The van der Waals surface area contributed by atoms with E-state index in [-0.39, 0.29) is 0 Å². The van der Waals surface area contributed by atoms with Crippen LogP contribution in [-0.4, -0.2) is 13.2 Å². The molecular weight excluding hydrogens is 190 g/mol. The molecule has 15 heavy (non-hydrogen) atoms.